The van der Waals surface area contributed by atoms with E-state index in [2.05, 4.69) is 36.1 Å². The van der Waals surface area contributed by atoms with Gasteiger partial charge in [-0.25, -0.2) is 4.98 Å². The Hall–Kier alpha value is -1.32. The third-order valence-electron chi connectivity index (χ3n) is 3.23. The molecule has 1 aromatic rings. The van der Waals surface area contributed by atoms with E-state index in [-0.39, 0.29) is 5.41 Å². The lowest BCUT2D eigenvalue weighted by atomic mass is 9.87. The van der Waals surface area contributed by atoms with Crippen molar-refractivity contribution in [1.29, 1.82) is 0 Å². The maximum Gasteiger partial charge on any atom is 0.218 e. The summed E-state index contributed by atoms with van der Waals surface area (Å²) < 4.78 is 5.16. The number of nitrogens with zero attached hydrogens (tertiary/aromatic N) is 2. The van der Waals surface area contributed by atoms with Gasteiger partial charge in [-0.05, 0) is 18.8 Å². The highest BCUT2D eigenvalue weighted by Gasteiger charge is 2.17. The highest BCUT2D eigenvalue weighted by atomic mass is 16.5. The van der Waals surface area contributed by atoms with Gasteiger partial charge in [-0.3, -0.25) is 0 Å². The van der Waals surface area contributed by atoms with Crippen molar-refractivity contribution in [1.82, 2.24) is 9.97 Å². The molecule has 0 aliphatic carbocycles. The number of nitrogens with one attached hydrogen (secondary N) is 1. The molecule has 0 bridgehead atoms. The van der Waals surface area contributed by atoms with Crippen LogP contribution in [-0.2, 0) is 0 Å². The third-order valence-corrected chi connectivity index (χ3v) is 3.23. The fourth-order valence-corrected chi connectivity index (χ4v) is 2.01. The fourth-order valence-electron chi connectivity index (χ4n) is 2.01. The number of anilines is 1. The number of unbranched alkanes of at least 4 members (excludes halogenated alkanes) is 2. The Bertz CT molecular complexity index is 391. The second kappa shape index (κ2) is 7.31. The van der Waals surface area contributed by atoms with Crippen LogP contribution in [0.25, 0.3) is 0 Å². The van der Waals surface area contributed by atoms with Crippen LogP contribution in [0.15, 0.2) is 6.07 Å². The topological polar surface area (TPSA) is 47.0 Å². The molecule has 108 valence electrons. The molecule has 4 nitrogen and oxygen atoms in total. The van der Waals surface area contributed by atoms with Gasteiger partial charge in [0.25, 0.3) is 0 Å². The summed E-state index contributed by atoms with van der Waals surface area (Å²) in [7, 11) is 1.63. The SMILES string of the molecule is CCCCCC(C)(C)CNc1cc(OC)nc(C)n1. The largest absolute Gasteiger partial charge is 0.481 e. The van der Waals surface area contributed by atoms with Gasteiger partial charge in [0.05, 0.1) is 7.11 Å². The van der Waals surface area contributed by atoms with Crippen molar-refractivity contribution in [2.45, 2.75) is 53.4 Å². The molecule has 1 N–H and O–H groups in total. The Morgan fingerprint density at radius 1 is 1.26 bits per heavy atom. The van der Waals surface area contributed by atoms with Gasteiger partial charge < -0.3 is 10.1 Å². The highest BCUT2D eigenvalue weighted by molar-refractivity contribution is 5.38. The van der Waals surface area contributed by atoms with Gasteiger partial charge in [0, 0.05) is 12.6 Å². The summed E-state index contributed by atoms with van der Waals surface area (Å²) in [5, 5.41) is 3.40. The predicted molar refractivity (Wildman–Crippen MR) is 79.7 cm³/mol. The highest BCUT2D eigenvalue weighted by Crippen LogP contribution is 2.24. The average molecular weight is 265 g/mol. The number of aryl methyl sites for hydroxylation is 1. The lowest BCUT2D eigenvalue weighted by Crippen LogP contribution is -2.23. The van der Waals surface area contributed by atoms with Crippen molar-refractivity contribution < 1.29 is 4.74 Å². The van der Waals surface area contributed by atoms with Crippen molar-refractivity contribution in [3.8, 4) is 5.88 Å². The molecule has 0 radical (unpaired) electrons. The molecule has 0 unspecified atom stereocenters. The molecule has 0 saturated carbocycles. The Kier molecular flexibility index (Phi) is 6.06. The van der Waals surface area contributed by atoms with Gasteiger partial charge in [0.15, 0.2) is 0 Å². The molecule has 0 aromatic carbocycles. The predicted octanol–water partition coefficient (Wildman–Crippen LogP) is 3.81. The molecule has 0 aliphatic heterocycles. The summed E-state index contributed by atoms with van der Waals surface area (Å²) in [5.41, 5.74) is 0.279. The van der Waals surface area contributed by atoms with Gasteiger partial charge in [-0.1, -0.05) is 40.0 Å². The van der Waals surface area contributed by atoms with Crippen LogP contribution >= 0.6 is 0 Å². The summed E-state index contributed by atoms with van der Waals surface area (Å²) >= 11 is 0. The first-order valence-corrected chi connectivity index (χ1v) is 7.10. The average Bonchev–Trinajstić information content (AvgIpc) is 2.36. The van der Waals surface area contributed by atoms with Crippen LogP contribution in [0.3, 0.4) is 0 Å². The fraction of sp³-hybridized carbons (Fsp3) is 0.733. The van der Waals surface area contributed by atoms with Gasteiger partial charge in [0.1, 0.15) is 11.6 Å². The molecule has 1 rings (SSSR count). The monoisotopic (exact) mass is 265 g/mol. The Balaban J connectivity index is 2.53. The van der Waals surface area contributed by atoms with E-state index in [0.29, 0.717) is 5.88 Å². The quantitative estimate of drug-likeness (QED) is 0.726. The summed E-state index contributed by atoms with van der Waals surface area (Å²) in [4.78, 5) is 8.56. The van der Waals surface area contributed by atoms with Crippen molar-refractivity contribution in [3.63, 3.8) is 0 Å². The zero-order chi connectivity index (χ0) is 14.3. The Labute approximate surface area is 117 Å². The van der Waals surface area contributed by atoms with Crippen LogP contribution in [0.1, 0.15) is 52.3 Å². The van der Waals surface area contributed by atoms with Gasteiger partial charge in [0.2, 0.25) is 5.88 Å². The molecule has 19 heavy (non-hydrogen) atoms. The van der Waals surface area contributed by atoms with E-state index in [1.807, 2.05) is 13.0 Å². The number of methoxy groups -OCH3 is 1. The number of hydrogen-bond donors (Lipinski definition) is 1. The van der Waals surface area contributed by atoms with E-state index < -0.39 is 0 Å². The maximum absolute atomic E-state index is 5.16. The number of ether oxygens (including phenoxy) is 1. The van der Waals surface area contributed by atoms with Crippen LogP contribution < -0.4 is 10.1 Å². The molecule has 1 aromatic heterocycles. The minimum absolute atomic E-state index is 0.279. The molecule has 0 atom stereocenters. The van der Waals surface area contributed by atoms with E-state index >= 15 is 0 Å². The molecular weight excluding hydrogens is 238 g/mol. The molecule has 0 spiro atoms. The number of rotatable bonds is 8. The zero-order valence-corrected chi connectivity index (χ0v) is 12.9. The first kappa shape index (κ1) is 15.7. The zero-order valence-electron chi connectivity index (χ0n) is 12.9. The van der Waals surface area contributed by atoms with Gasteiger partial charge >= 0.3 is 0 Å². The van der Waals surface area contributed by atoms with E-state index in [9.17, 15) is 0 Å². The first-order valence-electron chi connectivity index (χ1n) is 7.10. The molecule has 0 aliphatic rings. The van der Waals surface area contributed by atoms with Gasteiger partial charge in [-0.15, -0.1) is 0 Å². The lowest BCUT2D eigenvalue weighted by molar-refractivity contribution is 0.342. The number of aromatic nitrogens is 2. The van der Waals surface area contributed by atoms with E-state index in [4.69, 9.17) is 4.74 Å². The molecule has 0 amide bonds. The van der Waals surface area contributed by atoms with Crippen LogP contribution in [0, 0.1) is 12.3 Å². The van der Waals surface area contributed by atoms with Crippen molar-refractivity contribution >= 4 is 5.82 Å². The lowest BCUT2D eigenvalue weighted by Gasteiger charge is -2.25. The molecule has 4 heteroatoms. The number of hydrogen-bond acceptors (Lipinski definition) is 4. The van der Waals surface area contributed by atoms with Gasteiger partial charge in [-0.2, -0.15) is 4.98 Å². The van der Waals surface area contributed by atoms with E-state index in [0.717, 1.165) is 18.2 Å². The van der Waals surface area contributed by atoms with Crippen molar-refractivity contribution in [2.75, 3.05) is 19.0 Å². The summed E-state index contributed by atoms with van der Waals surface area (Å²) in [6, 6.07) is 1.84. The third kappa shape index (κ3) is 5.90. The van der Waals surface area contributed by atoms with Crippen LogP contribution in [0.4, 0.5) is 5.82 Å². The van der Waals surface area contributed by atoms with Crippen LogP contribution in [0.2, 0.25) is 0 Å². The maximum atomic E-state index is 5.16. The standard InChI is InChI=1S/C15H27N3O/c1-6-7-8-9-15(3,4)11-16-13-10-14(19-5)18-12(2)17-13/h10H,6-9,11H2,1-5H3,(H,16,17,18). The van der Waals surface area contributed by atoms with Crippen LogP contribution in [0.5, 0.6) is 5.88 Å². The minimum atomic E-state index is 0.279. The first-order chi connectivity index (χ1) is 8.96. The summed E-state index contributed by atoms with van der Waals surface area (Å²) in [5.74, 6) is 2.18. The molecule has 0 fully saturated rings. The molecule has 1 heterocycles. The molecular formula is C15H27N3O. The second-order valence-electron chi connectivity index (χ2n) is 5.82. The van der Waals surface area contributed by atoms with E-state index in [1.165, 1.54) is 25.7 Å². The van der Waals surface area contributed by atoms with Crippen molar-refractivity contribution in [2.24, 2.45) is 5.41 Å². The normalized spacial score (nSPS) is 11.4. The smallest absolute Gasteiger partial charge is 0.218 e. The minimum Gasteiger partial charge on any atom is -0.481 e. The van der Waals surface area contributed by atoms with Crippen molar-refractivity contribution in [3.05, 3.63) is 11.9 Å². The second-order valence-corrected chi connectivity index (χ2v) is 5.82. The molecule has 0 saturated heterocycles. The van der Waals surface area contributed by atoms with Crippen LogP contribution in [-0.4, -0.2) is 23.6 Å². The summed E-state index contributed by atoms with van der Waals surface area (Å²) in [6.07, 6.45) is 5.10. The van der Waals surface area contributed by atoms with E-state index in [1.54, 1.807) is 7.11 Å². The Morgan fingerprint density at radius 3 is 2.63 bits per heavy atom. The summed E-state index contributed by atoms with van der Waals surface area (Å²) in [6.45, 7) is 9.61. The Morgan fingerprint density at radius 2 is 2.00 bits per heavy atom.